The van der Waals surface area contributed by atoms with Crippen LogP contribution >= 0.6 is 0 Å². The van der Waals surface area contributed by atoms with Gasteiger partial charge in [0.15, 0.2) is 0 Å². The van der Waals surface area contributed by atoms with E-state index in [2.05, 4.69) is 13.8 Å². The predicted octanol–water partition coefficient (Wildman–Crippen LogP) is 4.77. The Bertz CT molecular complexity index is 388. The van der Waals surface area contributed by atoms with Crippen LogP contribution in [-0.2, 0) is 0 Å². The molecule has 2 atom stereocenters. The molecular weight excluding hydrogens is 248 g/mol. The van der Waals surface area contributed by atoms with Gasteiger partial charge in [0.2, 0.25) is 5.79 Å². The van der Waals surface area contributed by atoms with Crippen molar-refractivity contribution in [3.05, 3.63) is 30.3 Å². The molecule has 1 aromatic carbocycles. The first kappa shape index (κ1) is 15.4. The Kier molecular flexibility index (Phi) is 5.47. The fraction of sp³-hybridized carbons (Fsp3) is 0.667. The second-order valence-corrected chi connectivity index (χ2v) is 6.53. The average Bonchev–Trinajstić information content (AvgIpc) is 2.42. The lowest BCUT2D eigenvalue weighted by Gasteiger charge is -2.45. The third kappa shape index (κ3) is 4.24. The van der Waals surface area contributed by atoms with Gasteiger partial charge in [-0.1, -0.05) is 57.7 Å². The van der Waals surface area contributed by atoms with Crippen LogP contribution in [0.1, 0.15) is 58.8 Å². The van der Waals surface area contributed by atoms with E-state index < -0.39 is 5.79 Å². The van der Waals surface area contributed by atoms with Crippen LogP contribution in [0.25, 0.3) is 0 Å². The maximum absolute atomic E-state index is 10.5. The molecule has 2 heteroatoms. The van der Waals surface area contributed by atoms with Crippen molar-refractivity contribution < 1.29 is 9.84 Å². The van der Waals surface area contributed by atoms with E-state index in [1.54, 1.807) is 0 Å². The molecule has 1 saturated carbocycles. The Balaban J connectivity index is 1.71. The van der Waals surface area contributed by atoms with Gasteiger partial charge in [0.25, 0.3) is 0 Å². The highest BCUT2D eigenvalue weighted by atomic mass is 16.6. The van der Waals surface area contributed by atoms with Crippen LogP contribution in [-0.4, -0.2) is 10.9 Å². The molecular formula is C18H28O2. The topological polar surface area (TPSA) is 29.5 Å². The largest absolute Gasteiger partial charge is 0.462 e. The number of ether oxygens (including phenoxy) is 1. The van der Waals surface area contributed by atoms with E-state index in [1.807, 2.05) is 30.3 Å². The normalized spacial score (nSPS) is 25.5. The summed E-state index contributed by atoms with van der Waals surface area (Å²) in [7, 11) is 0. The van der Waals surface area contributed by atoms with Gasteiger partial charge in [-0.2, -0.15) is 0 Å². The maximum atomic E-state index is 10.5. The summed E-state index contributed by atoms with van der Waals surface area (Å²) in [6.45, 7) is 4.55. The van der Waals surface area contributed by atoms with Gasteiger partial charge in [-0.25, -0.2) is 0 Å². The van der Waals surface area contributed by atoms with Crippen molar-refractivity contribution in [3.8, 4) is 5.75 Å². The molecule has 0 radical (unpaired) electrons. The third-order valence-electron chi connectivity index (χ3n) is 4.36. The van der Waals surface area contributed by atoms with E-state index in [1.165, 1.54) is 25.7 Å². The van der Waals surface area contributed by atoms with Gasteiger partial charge in [0.05, 0.1) is 0 Å². The van der Waals surface area contributed by atoms with Gasteiger partial charge in [0, 0.05) is 12.3 Å². The van der Waals surface area contributed by atoms with Crippen molar-refractivity contribution in [1.82, 2.24) is 0 Å². The maximum Gasteiger partial charge on any atom is 0.210 e. The Hall–Kier alpha value is -1.02. The summed E-state index contributed by atoms with van der Waals surface area (Å²) in [5.74, 6) is 0.970. The van der Waals surface area contributed by atoms with Crippen LogP contribution in [0.3, 0.4) is 0 Å². The molecule has 0 amide bonds. The average molecular weight is 276 g/mol. The molecule has 1 N–H and O–H groups in total. The highest BCUT2D eigenvalue weighted by Gasteiger charge is 2.47. The van der Waals surface area contributed by atoms with Gasteiger partial charge in [-0.15, -0.1) is 0 Å². The Morgan fingerprint density at radius 1 is 1.20 bits per heavy atom. The standard InChI is InChI=1S/C18H28O2/c1-15(2)9-5-3-6-10-16-13-14-18(16,19)20-17-11-7-4-8-12-17/h4,7-8,11-12,15-16,19H,3,5-6,9-10,13-14H2,1-2H3. The SMILES string of the molecule is CC(C)CCCCCC1CCC1(O)Oc1ccccc1. The number of aliphatic hydroxyl groups is 1. The van der Waals surface area contributed by atoms with E-state index in [9.17, 15) is 5.11 Å². The monoisotopic (exact) mass is 276 g/mol. The van der Waals surface area contributed by atoms with Crippen LogP contribution < -0.4 is 4.74 Å². The molecule has 2 unspecified atom stereocenters. The molecule has 0 aromatic heterocycles. The summed E-state index contributed by atoms with van der Waals surface area (Å²) >= 11 is 0. The number of unbranched alkanes of at least 4 members (excludes halogenated alkanes) is 2. The van der Waals surface area contributed by atoms with E-state index in [0.29, 0.717) is 5.92 Å². The lowest BCUT2D eigenvalue weighted by atomic mass is 9.75. The van der Waals surface area contributed by atoms with Crippen molar-refractivity contribution in [2.24, 2.45) is 11.8 Å². The van der Waals surface area contributed by atoms with Crippen molar-refractivity contribution in [3.63, 3.8) is 0 Å². The molecule has 20 heavy (non-hydrogen) atoms. The van der Waals surface area contributed by atoms with Gasteiger partial charge in [-0.3, -0.25) is 0 Å². The molecule has 1 aliphatic carbocycles. The Labute approximate surface area is 123 Å². The van der Waals surface area contributed by atoms with Gasteiger partial charge < -0.3 is 9.84 Å². The summed E-state index contributed by atoms with van der Waals surface area (Å²) in [6.07, 6.45) is 8.04. The van der Waals surface area contributed by atoms with Gasteiger partial charge in [-0.05, 0) is 30.9 Å². The molecule has 1 aliphatic rings. The number of para-hydroxylation sites is 1. The molecule has 2 nitrogen and oxygen atoms in total. The number of hydrogen-bond donors (Lipinski definition) is 1. The first-order valence-corrected chi connectivity index (χ1v) is 8.06. The third-order valence-corrected chi connectivity index (χ3v) is 4.36. The zero-order chi connectivity index (χ0) is 14.4. The number of hydrogen-bond acceptors (Lipinski definition) is 2. The summed E-state index contributed by atoms with van der Waals surface area (Å²) < 4.78 is 5.80. The van der Waals surface area contributed by atoms with Crippen molar-refractivity contribution in [2.75, 3.05) is 0 Å². The number of rotatable bonds is 8. The summed E-state index contributed by atoms with van der Waals surface area (Å²) in [4.78, 5) is 0. The lowest BCUT2D eigenvalue weighted by Crippen LogP contribution is -2.51. The van der Waals surface area contributed by atoms with E-state index in [0.717, 1.165) is 30.9 Å². The zero-order valence-corrected chi connectivity index (χ0v) is 12.8. The number of benzene rings is 1. The summed E-state index contributed by atoms with van der Waals surface area (Å²) in [6, 6.07) is 9.67. The van der Waals surface area contributed by atoms with Crippen LogP contribution in [0.5, 0.6) is 5.75 Å². The Morgan fingerprint density at radius 2 is 1.95 bits per heavy atom. The van der Waals surface area contributed by atoms with Crippen molar-refractivity contribution >= 4 is 0 Å². The fourth-order valence-corrected chi connectivity index (χ4v) is 2.91. The molecule has 0 spiro atoms. The van der Waals surface area contributed by atoms with E-state index >= 15 is 0 Å². The van der Waals surface area contributed by atoms with Crippen LogP contribution in [0, 0.1) is 11.8 Å². The van der Waals surface area contributed by atoms with Crippen LogP contribution in [0.2, 0.25) is 0 Å². The molecule has 1 fully saturated rings. The molecule has 0 bridgehead atoms. The second-order valence-electron chi connectivity index (χ2n) is 6.53. The first-order valence-electron chi connectivity index (χ1n) is 8.06. The minimum absolute atomic E-state index is 0.307. The molecule has 112 valence electrons. The minimum atomic E-state index is -0.917. The van der Waals surface area contributed by atoms with Crippen molar-refractivity contribution in [2.45, 2.75) is 64.6 Å². The van der Waals surface area contributed by atoms with Crippen molar-refractivity contribution in [1.29, 1.82) is 0 Å². The van der Waals surface area contributed by atoms with Crippen LogP contribution in [0.4, 0.5) is 0 Å². The predicted molar refractivity (Wildman–Crippen MR) is 82.7 cm³/mol. The van der Waals surface area contributed by atoms with Gasteiger partial charge >= 0.3 is 0 Å². The van der Waals surface area contributed by atoms with Crippen LogP contribution in [0.15, 0.2) is 30.3 Å². The molecule has 0 aliphatic heterocycles. The Morgan fingerprint density at radius 3 is 2.55 bits per heavy atom. The quantitative estimate of drug-likeness (QED) is 0.547. The first-order chi connectivity index (χ1) is 9.60. The molecule has 0 saturated heterocycles. The second kappa shape index (κ2) is 7.12. The molecule has 2 rings (SSSR count). The summed E-state index contributed by atoms with van der Waals surface area (Å²) in [5.41, 5.74) is 0. The minimum Gasteiger partial charge on any atom is -0.462 e. The van der Waals surface area contributed by atoms with E-state index in [4.69, 9.17) is 4.74 Å². The molecule has 1 aromatic rings. The summed E-state index contributed by atoms with van der Waals surface area (Å²) in [5, 5.41) is 10.5. The molecule has 0 heterocycles. The lowest BCUT2D eigenvalue weighted by molar-refractivity contribution is -0.235. The van der Waals surface area contributed by atoms with E-state index in [-0.39, 0.29) is 0 Å². The highest BCUT2D eigenvalue weighted by Crippen LogP contribution is 2.43. The van der Waals surface area contributed by atoms with Gasteiger partial charge in [0.1, 0.15) is 5.75 Å². The highest BCUT2D eigenvalue weighted by molar-refractivity contribution is 5.22. The fourth-order valence-electron chi connectivity index (χ4n) is 2.91. The smallest absolute Gasteiger partial charge is 0.210 e. The zero-order valence-electron chi connectivity index (χ0n) is 12.8.